The minimum Gasteiger partial charge on any atom is -0.347 e. The van der Waals surface area contributed by atoms with Gasteiger partial charge < -0.3 is 10.7 Å². The van der Waals surface area contributed by atoms with Crippen LogP contribution in [0.5, 0.6) is 0 Å². The molecule has 0 bridgehead atoms. The monoisotopic (exact) mass is 209 g/mol. The second-order valence-electron chi connectivity index (χ2n) is 3.12. The zero-order valence-electron chi connectivity index (χ0n) is 7.74. The predicted molar refractivity (Wildman–Crippen MR) is 51.0 cm³/mol. The van der Waals surface area contributed by atoms with E-state index in [0.717, 1.165) is 18.2 Å². The van der Waals surface area contributed by atoms with Crippen LogP contribution in [0.1, 0.15) is 17.4 Å². The summed E-state index contributed by atoms with van der Waals surface area (Å²) >= 11 is 0. The quantitative estimate of drug-likeness (QED) is 0.791. The fraction of sp³-hybridized carbons (Fsp3) is 0.100. The predicted octanol–water partition coefficient (Wildman–Crippen LogP) is 1.74. The minimum absolute atomic E-state index is 0.0879. The molecule has 78 valence electrons. The van der Waals surface area contributed by atoms with Gasteiger partial charge in [-0.25, -0.2) is 13.8 Å². The Morgan fingerprint density at radius 1 is 1.33 bits per heavy atom. The third-order valence-corrected chi connectivity index (χ3v) is 2.11. The zero-order valence-corrected chi connectivity index (χ0v) is 7.74. The Morgan fingerprint density at radius 2 is 2.13 bits per heavy atom. The highest BCUT2D eigenvalue weighted by Gasteiger charge is 2.16. The summed E-state index contributed by atoms with van der Waals surface area (Å²) < 4.78 is 26.2. The lowest BCUT2D eigenvalue weighted by Gasteiger charge is -2.10. The summed E-state index contributed by atoms with van der Waals surface area (Å²) in [5.74, 6) is -0.659. The Labute approximate surface area is 85.0 Å². The van der Waals surface area contributed by atoms with Crippen molar-refractivity contribution >= 4 is 0 Å². The number of hydrogen-bond acceptors (Lipinski definition) is 2. The largest absolute Gasteiger partial charge is 0.347 e. The number of benzene rings is 1. The molecule has 0 aliphatic rings. The molecule has 0 saturated heterocycles. The van der Waals surface area contributed by atoms with Crippen molar-refractivity contribution in [3.05, 3.63) is 53.6 Å². The van der Waals surface area contributed by atoms with Crippen LogP contribution in [0, 0.1) is 11.6 Å². The van der Waals surface area contributed by atoms with Crippen LogP contribution in [0.2, 0.25) is 0 Å². The van der Waals surface area contributed by atoms with Gasteiger partial charge in [0.1, 0.15) is 17.5 Å². The molecule has 1 atom stereocenters. The van der Waals surface area contributed by atoms with E-state index in [9.17, 15) is 8.78 Å². The number of H-pyrrole nitrogens is 1. The molecule has 1 heterocycles. The molecule has 1 aromatic heterocycles. The molecule has 5 heteroatoms. The van der Waals surface area contributed by atoms with Crippen molar-refractivity contribution < 1.29 is 8.78 Å². The van der Waals surface area contributed by atoms with Gasteiger partial charge in [-0.05, 0) is 18.2 Å². The van der Waals surface area contributed by atoms with Gasteiger partial charge >= 0.3 is 0 Å². The highest BCUT2D eigenvalue weighted by molar-refractivity contribution is 5.26. The van der Waals surface area contributed by atoms with Gasteiger partial charge in [-0.1, -0.05) is 0 Å². The molecule has 0 saturated carbocycles. The van der Waals surface area contributed by atoms with Gasteiger partial charge in [0.15, 0.2) is 0 Å². The molecule has 0 aliphatic heterocycles. The smallest absolute Gasteiger partial charge is 0.128 e. The van der Waals surface area contributed by atoms with Crippen LogP contribution in [0.4, 0.5) is 8.78 Å². The Balaban J connectivity index is 2.41. The molecule has 0 spiro atoms. The lowest BCUT2D eigenvalue weighted by molar-refractivity contribution is 0.573. The molecule has 3 N–H and O–H groups in total. The number of halogens is 2. The first-order valence-electron chi connectivity index (χ1n) is 4.38. The van der Waals surface area contributed by atoms with E-state index < -0.39 is 17.7 Å². The van der Waals surface area contributed by atoms with Gasteiger partial charge in [-0.15, -0.1) is 0 Å². The number of nitrogens with two attached hydrogens (primary N) is 1. The molecular formula is C10H9F2N3. The fourth-order valence-corrected chi connectivity index (χ4v) is 1.35. The molecule has 2 rings (SSSR count). The second-order valence-corrected chi connectivity index (χ2v) is 3.12. The first kappa shape index (κ1) is 9.79. The number of aromatic amines is 1. The molecule has 0 amide bonds. The number of imidazole rings is 1. The Hall–Kier alpha value is -1.75. The third-order valence-electron chi connectivity index (χ3n) is 2.11. The maximum atomic E-state index is 13.3. The fourth-order valence-electron chi connectivity index (χ4n) is 1.35. The highest BCUT2D eigenvalue weighted by atomic mass is 19.1. The summed E-state index contributed by atoms with van der Waals surface area (Å²) in [4.78, 5) is 6.65. The van der Waals surface area contributed by atoms with Crippen molar-refractivity contribution in [1.82, 2.24) is 9.97 Å². The summed E-state index contributed by atoms with van der Waals surface area (Å²) in [6.07, 6.45) is 3.08. The second kappa shape index (κ2) is 3.78. The van der Waals surface area contributed by atoms with Gasteiger partial charge in [0, 0.05) is 18.0 Å². The van der Waals surface area contributed by atoms with Gasteiger partial charge in [0.05, 0.1) is 6.04 Å². The molecule has 0 radical (unpaired) electrons. The molecule has 3 nitrogen and oxygen atoms in total. The average Bonchev–Trinajstić information content (AvgIpc) is 2.74. The first-order valence-corrected chi connectivity index (χ1v) is 4.38. The van der Waals surface area contributed by atoms with Gasteiger partial charge in [0.2, 0.25) is 0 Å². The summed E-state index contributed by atoms with van der Waals surface area (Å²) in [5.41, 5.74) is 5.82. The maximum absolute atomic E-state index is 13.3. The van der Waals surface area contributed by atoms with Crippen molar-refractivity contribution in [3.63, 3.8) is 0 Å². The molecule has 15 heavy (non-hydrogen) atoms. The van der Waals surface area contributed by atoms with Crippen LogP contribution in [0.25, 0.3) is 0 Å². The van der Waals surface area contributed by atoms with Crippen molar-refractivity contribution in [3.8, 4) is 0 Å². The van der Waals surface area contributed by atoms with Gasteiger partial charge in [-0.3, -0.25) is 0 Å². The van der Waals surface area contributed by atoms with Crippen molar-refractivity contribution in [1.29, 1.82) is 0 Å². The normalized spacial score (nSPS) is 12.7. The average molecular weight is 209 g/mol. The number of nitrogens with zero attached hydrogens (tertiary/aromatic N) is 1. The van der Waals surface area contributed by atoms with Crippen LogP contribution < -0.4 is 5.73 Å². The van der Waals surface area contributed by atoms with E-state index >= 15 is 0 Å². The number of nitrogens with one attached hydrogen (secondary N) is 1. The Bertz CT molecular complexity index is 454. The lowest BCUT2D eigenvalue weighted by atomic mass is 10.1. The van der Waals surface area contributed by atoms with E-state index in [-0.39, 0.29) is 5.56 Å². The zero-order chi connectivity index (χ0) is 10.8. The lowest BCUT2D eigenvalue weighted by Crippen LogP contribution is -2.15. The topological polar surface area (TPSA) is 54.7 Å². The van der Waals surface area contributed by atoms with Crippen LogP contribution in [0.3, 0.4) is 0 Å². The number of hydrogen-bond donors (Lipinski definition) is 2. The first-order chi connectivity index (χ1) is 7.18. The summed E-state index contributed by atoms with van der Waals surface area (Å²) in [6, 6.07) is 2.39. The Morgan fingerprint density at radius 3 is 2.80 bits per heavy atom. The molecular weight excluding hydrogens is 200 g/mol. The van der Waals surface area contributed by atoms with E-state index in [0.29, 0.717) is 5.82 Å². The van der Waals surface area contributed by atoms with Crippen molar-refractivity contribution in [2.75, 3.05) is 0 Å². The molecule has 1 unspecified atom stereocenters. The molecule has 1 aromatic carbocycles. The molecule has 0 aliphatic carbocycles. The highest BCUT2D eigenvalue weighted by Crippen LogP contribution is 2.20. The van der Waals surface area contributed by atoms with Crippen LogP contribution >= 0.6 is 0 Å². The van der Waals surface area contributed by atoms with Crippen molar-refractivity contribution in [2.45, 2.75) is 6.04 Å². The van der Waals surface area contributed by atoms with E-state index in [1.54, 1.807) is 6.20 Å². The van der Waals surface area contributed by atoms with Crippen LogP contribution in [-0.4, -0.2) is 9.97 Å². The number of rotatable bonds is 2. The number of aromatic nitrogens is 2. The molecule has 0 fully saturated rings. The Kier molecular flexibility index (Phi) is 2.47. The van der Waals surface area contributed by atoms with Crippen LogP contribution in [0.15, 0.2) is 30.6 Å². The van der Waals surface area contributed by atoms with Gasteiger partial charge in [0.25, 0.3) is 0 Å². The summed E-state index contributed by atoms with van der Waals surface area (Å²) in [5, 5.41) is 0. The van der Waals surface area contributed by atoms with E-state index in [2.05, 4.69) is 9.97 Å². The van der Waals surface area contributed by atoms with E-state index in [1.807, 2.05) is 0 Å². The van der Waals surface area contributed by atoms with Gasteiger partial charge in [-0.2, -0.15) is 0 Å². The minimum atomic E-state index is -0.782. The SMILES string of the molecule is NC(c1ncc[nH]1)c1cc(F)ccc1F. The third kappa shape index (κ3) is 1.87. The molecule has 2 aromatic rings. The van der Waals surface area contributed by atoms with Crippen molar-refractivity contribution in [2.24, 2.45) is 5.73 Å². The summed E-state index contributed by atoms with van der Waals surface area (Å²) in [6.45, 7) is 0. The van der Waals surface area contributed by atoms with E-state index in [4.69, 9.17) is 5.73 Å². The van der Waals surface area contributed by atoms with E-state index in [1.165, 1.54) is 6.20 Å². The summed E-state index contributed by atoms with van der Waals surface area (Å²) in [7, 11) is 0. The standard InChI is InChI=1S/C10H9F2N3/c11-6-1-2-8(12)7(5-6)9(13)10-14-3-4-15-10/h1-5,9H,13H2,(H,14,15). The van der Waals surface area contributed by atoms with Crippen LogP contribution in [-0.2, 0) is 0 Å². The maximum Gasteiger partial charge on any atom is 0.128 e.